The maximum absolute atomic E-state index is 13.7. The monoisotopic (exact) mass is 551 g/mol. The summed E-state index contributed by atoms with van der Waals surface area (Å²) in [5.41, 5.74) is 3.49. The van der Waals surface area contributed by atoms with Crippen molar-refractivity contribution in [3.8, 4) is 5.75 Å². The first-order valence-electron chi connectivity index (χ1n) is 12.3. The number of hydrogen-bond acceptors (Lipinski definition) is 8. The van der Waals surface area contributed by atoms with Crippen molar-refractivity contribution < 1.29 is 39.9 Å². The Hall–Kier alpha value is -3.92. The van der Waals surface area contributed by atoms with Crippen LogP contribution in [0.1, 0.15) is 47.1 Å². The first kappa shape index (κ1) is 26.7. The molecule has 0 aliphatic heterocycles. The zero-order chi connectivity index (χ0) is 28.4. The lowest BCUT2D eigenvalue weighted by Crippen LogP contribution is -2.63. The molecule has 2 aromatic rings. The number of hydrogen-bond donors (Lipinski definition) is 6. The molecule has 202 valence electrons. The molecule has 0 radical (unpaired) electrons. The molecule has 1 saturated carbocycles. The highest BCUT2D eigenvalue weighted by atomic mass is 35.5. The number of rotatable bonds is 4. The fraction of sp³-hybridized carbons (Fsp3) is 0.276. The van der Waals surface area contributed by atoms with E-state index in [1.165, 1.54) is 0 Å². The van der Waals surface area contributed by atoms with Gasteiger partial charge in [0.25, 0.3) is 5.91 Å². The fourth-order valence-corrected chi connectivity index (χ4v) is 6.23. The van der Waals surface area contributed by atoms with Crippen LogP contribution in [0.2, 0.25) is 0 Å². The summed E-state index contributed by atoms with van der Waals surface area (Å²) < 4.78 is 0. The van der Waals surface area contributed by atoms with Crippen LogP contribution >= 0.6 is 11.6 Å². The quantitative estimate of drug-likeness (QED) is 0.191. The van der Waals surface area contributed by atoms with E-state index in [9.17, 15) is 39.9 Å². The van der Waals surface area contributed by atoms with Gasteiger partial charge in [-0.2, -0.15) is 0 Å². The third-order valence-electron chi connectivity index (χ3n) is 8.12. The fourth-order valence-electron chi connectivity index (χ4n) is 6.05. The summed E-state index contributed by atoms with van der Waals surface area (Å²) in [6.07, 6.45) is 1.19. The summed E-state index contributed by atoms with van der Waals surface area (Å²) in [5, 5.41) is 55.9. The summed E-state index contributed by atoms with van der Waals surface area (Å²) in [7, 11) is 0. The van der Waals surface area contributed by atoms with Gasteiger partial charge in [0.05, 0.1) is 11.7 Å². The molecule has 0 saturated heterocycles. The van der Waals surface area contributed by atoms with E-state index in [1.807, 2.05) is 24.3 Å². The largest absolute Gasteiger partial charge is 0.508 e. The van der Waals surface area contributed by atoms with Crippen molar-refractivity contribution in [1.82, 2.24) is 0 Å². The van der Waals surface area contributed by atoms with Crippen molar-refractivity contribution in [3.63, 3.8) is 0 Å². The average Bonchev–Trinajstić information content (AvgIpc) is 2.90. The Bertz CT molecular complexity index is 1520. The molecule has 0 spiro atoms. The molecule has 0 unspecified atom stereocenters. The number of ketones is 2. The number of amides is 1. The van der Waals surface area contributed by atoms with Gasteiger partial charge in [0.2, 0.25) is 5.78 Å². The number of halogens is 1. The molecular formula is C29H26ClNO8. The van der Waals surface area contributed by atoms with E-state index in [1.54, 1.807) is 31.2 Å². The molecule has 5 rings (SSSR count). The number of primary amides is 1. The van der Waals surface area contributed by atoms with Crippen molar-refractivity contribution in [1.29, 1.82) is 0 Å². The van der Waals surface area contributed by atoms with Crippen LogP contribution in [0.25, 0.3) is 17.9 Å². The summed E-state index contributed by atoms with van der Waals surface area (Å²) in [6, 6.07) is 10.7. The van der Waals surface area contributed by atoms with Gasteiger partial charge in [-0.05, 0) is 22.6 Å². The van der Waals surface area contributed by atoms with Crippen molar-refractivity contribution in [2.75, 3.05) is 0 Å². The molecule has 3 aliphatic carbocycles. The first-order valence-corrected chi connectivity index (χ1v) is 12.8. The van der Waals surface area contributed by atoms with Gasteiger partial charge in [-0.3, -0.25) is 14.4 Å². The van der Waals surface area contributed by atoms with E-state index >= 15 is 0 Å². The number of fused-ring (bicyclic) bond motifs is 3. The minimum Gasteiger partial charge on any atom is -0.508 e. The van der Waals surface area contributed by atoms with E-state index in [4.69, 9.17) is 17.3 Å². The van der Waals surface area contributed by atoms with E-state index in [2.05, 4.69) is 0 Å². The molecule has 3 aliphatic rings. The molecular weight excluding hydrogens is 526 g/mol. The van der Waals surface area contributed by atoms with Crippen LogP contribution in [-0.2, 0) is 20.3 Å². The van der Waals surface area contributed by atoms with Crippen molar-refractivity contribution in [3.05, 3.63) is 81.1 Å². The third kappa shape index (κ3) is 3.80. The summed E-state index contributed by atoms with van der Waals surface area (Å²) in [4.78, 5) is 38.1. The number of aromatic hydroxyl groups is 1. The molecule has 7 N–H and O–H groups in total. The molecule has 1 fully saturated rings. The van der Waals surface area contributed by atoms with Gasteiger partial charge in [-0.15, -0.1) is 11.6 Å². The molecule has 39 heavy (non-hydrogen) atoms. The summed E-state index contributed by atoms with van der Waals surface area (Å²) in [5.74, 6) is -8.48. The minimum atomic E-state index is -2.86. The van der Waals surface area contributed by atoms with Crippen LogP contribution in [-0.4, -0.2) is 54.7 Å². The number of carbonyl (C=O) groups excluding carboxylic acids is 3. The molecule has 0 bridgehead atoms. The topological polar surface area (TPSA) is 178 Å². The standard InChI is InChI=1S/C29H26ClNO8/c1-12-16-9-8-15(7-6-13-2-4-14(11-30)5-3-13)23(33)20(16)25(35)22-19(12)24(34)17-10-18(32)21(28(31)38)26(36)29(17,39)27(22)37/h2-9,12,17,19,24,33-36,39H,10-11H2,1H3,(H2,31,38)/b7-6+/t12-,17+,19+,24+,29+/m0/s1. The van der Waals surface area contributed by atoms with Crippen LogP contribution in [0.5, 0.6) is 5.75 Å². The number of alkyl halides is 1. The minimum absolute atomic E-state index is 0.0542. The zero-order valence-electron chi connectivity index (χ0n) is 20.8. The second-order valence-electron chi connectivity index (χ2n) is 10.2. The highest BCUT2D eigenvalue weighted by Crippen LogP contribution is 2.55. The van der Waals surface area contributed by atoms with Gasteiger partial charge in [0.1, 0.15) is 22.8 Å². The highest BCUT2D eigenvalue weighted by Gasteiger charge is 2.64. The Morgan fingerprint density at radius 1 is 1.10 bits per heavy atom. The van der Waals surface area contributed by atoms with Crippen molar-refractivity contribution in [2.24, 2.45) is 17.6 Å². The second-order valence-corrected chi connectivity index (χ2v) is 10.4. The van der Waals surface area contributed by atoms with Gasteiger partial charge in [0, 0.05) is 35.3 Å². The Morgan fingerprint density at radius 3 is 2.38 bits per heavy atom. The summed E-state index contributed by atoms with van der Waals surface area (Å²) in [6.45, 7) is 1.68. The van der Waals surface area contributed by atoms with Gasteiger partial charge < -0.3 is 31.3 Å². The van der Waals surface area contributed by atoms with E-state index in [0.29, 0.717) is 17.0 Å². The third-order valence-corrected chi connectivity index (χ3v) is 8.43. The number of aliphatic hydroxyl groups is 4. The van der Waals surface area contributed by atoms with Gasteiger partial charge in [-0.25, -0.2) is 0 Å². The number of phenols is 1. The number of phenolic OH excluding ortho intramolecular Hbond substituents is 1. The maximum Gasteiger partial charge on any atom is 0.255 e. The van der Waals surface area contributed by atoms with E-state index < -0.39 is 76.0 Å². The predicted molar refractivity (Wildman–Crippen MR) is 142 cm³/mol. The van der Waals surface area contributed by atoms with Gasteiger partial charge in [-0.1, -0.05) is 55.5 Å². The Labute approximate surface area is 228 Å². The van der Waals surface area contributed by atoms with Crippen molar-refractivity contribution in [2.45, 2.75) is 36.8 Å². The molecule has 9 nitrogen and oxygen atoms in total. The number of carbonyl (C=O) groups is 3. The van der Waals surface area contributed by atoms with E-state index in [-0.39, 0.29) is 11.3 Å². The average molecular weight is 552 g/mol. The first-order chi connectivity index (χ1) is 18.4. The number of benzene rings is 2. The van der Waals surface area contributed by atoms with E-state index in [0.717, 1.165) is 11.1 Å². The predicted octanol–water partition coefficient (Wildman–Crippen LogP) is 2.86. The number of aliphatic hydroxyl groups excluding tert-OH is 3. The van der Waals surface area contributed by atoms with Crippen LogP contribution < -0.4 is 5.73 Å². The van der Waals surface area contributed by atoms with Crippen LogP contribution in [0.15, 0.2) is 53.3 Å². The van der Waals surface area contributed by atoms with Crippen LogP contribution in [0.4, 0.5) is 0 Å². The van der Waals surface area contributed by atoms with Gasteiger partial charge >= 0.3 is 0 Å². The smallest absolute Gasteiger partial charge is 0.255 e. The Balaban J connectivity index is 1.64. The highest BCUT2D eigenvalue weighted by molar-refractivity contribution is 6.23. The molecule has 0 heterocycles. The lowest BCUT2D eigenvalue weighted by atomic mass is 9.55. The molecule has 5 atom stereocenters. The van der Waals surface area contributed by atoms with Crippen LogP contribution in [0.3, 0.4) is 0 Å². The van der Waals surface area contributed by atoms with Crippen molar-refractivity contribution >= 4 is 47.0 Å². The maximum atomic E-state index is 13.7. The SMILES string of the molecule is C[C@H]1c2ccc(/C=C/c3ccc(CCl)cc3)c(O)c2C(O)=C2C(=O)[C@]3(O)C(O)=C(C(N)=O)C(=O)C[C@@H]3[C@@H](O)[C@@H]21. The van der Waals surface area contributed by atoms with Gasteiger partial charge in [0.15, 0.2) is 11.4 Å². The normalized spacial score (nSPS) is 28.4. The lowest BCUT2D eigenvalue weighted by molar-refractivity contribution is -0.160. The molecule has 2 aromatic carbocycles. The number of nitrogens with two attached hydrogens (primary N) is 1. The molecule has 0 aromatic heterocycles. The zero-order valence-corrected chi connectivity index (χ0v) is 21.5. The molecule has 1 amide bonds. The lowest BCUT2D eigenvalue weighted by Gasteiger charge is -2.50. The van der Waals surface area contributed by atoms with Crippen LogP contribution in [0, 0.1) is 11.8 Å². The Kier molecular flexibility index (Phi) is 6.41. The molecule has 10 heteroatoms. The second kappa shape index (κ2) is 9.37. The summed E-state index contributed by atoms with van der Waals surface area (Å²) >= 11 is 5.83. The number of Topliss-reactive ketones (excluding diaryl/α,β-unsaturated/α-hetero) is 2. The Morgan fingerprint density at radius 2 is 1.77 bits per heavy atom.